The van der Waals surface area contributed by atoms with Crippen molar-refractivity contribution >= 4 is 5.97 Å². The summed E-state index contributed by atoms with van der Waals surface area (Å²) in [5.41, 5.74) is 0. The zero-order valence-electron chi connectivity index (χ0n) is 9.55. The van der Waals surface area contributed by atoms with E-state index in [1.54, 1.807) is 0 Å². The molecule has 94 valence electrons. The smallest absolute Gasteiger partial charge is 0.303 e. The van der Waals surface area contributed by atoms with Gasteiger partial charge in [0, 0.05) is 12.8 Å². The average Bonchev–Trinajstić information content (AvgIpc) is 2.26. The lowest BCUT2D eigenvalue weighted by Crippen LogP contribution is -2.20. The predicted molar refractivity (Wildman–Crippen MR) is 57.6 cm³/mol. The first-order valence-electron chi connectivity index (χ1n) is 6.09. The molecule has 1 aliphatic rings. The van der Waals surface area contributed by atoms with Crippen LogP contribution in [0.2, 0.25) is 0 Å². The first-order valence-corrected chi connectivity index (χ1v) is 6.09. The fourth-order valence-corrected chi connectivity index (χ4v) is 2.31. The zero-order valence-corrected chi connectivity index (χ0v) is 9.55. The summed E-state index contributed by atoms with van der Waals surface area (Å²) in [5.74, 6) is -3.50. The second-order valence-corrected chi connectivity index (χ2v) is 4.79. The van der Waals surface area contributed by atoms with Crippen LogP contribution in [0, 0.1) is 5.92 Å². The van der Waals surface area contributed by atoms with E-state index < -0.39 is 24.7 Å². The Kier molecular flexibility index (Phi) is 5.16. The topological polar surface area (TPSA) is 37.3 Å². The fraction of sp³-hybridized carbons (Fsp3) is 0.917. The minimum Gasteiger partial charge on any atom is -0.481 e. The first-order chi connectivity index (χ1) is 7.49. The molecule has 4 heteroatoms. The first kappa shape index (κ1) is 13.4. The minimum atomic E-state index is -2.80. The van der Waals surface area contributed by atoms with Crippen LogP contribution >= 0.6 is 0 Å². The van der Waals surface area contributed by atoms with E-state index in [1.165, 1.54) is 6.42 Å². The summed E-state index contributed by atoms with van der Waals surface area (Å²) in [5, 5.41) is 8.36. The van der Waals surface area contributed by atoms with Gasteiger partial charge in [-0.1, -0.05) is 32.1 Å². The molecule has 0 aromatic heterocycles. The van der Waals surface area contributed by atoms with Crippen molar-refractivity contribution in [3.05, 3.63) is 0 Å². The van der Waals surface area contributed by atoms with Gasteiger partial charge in [-0.05, 0) is 12.3 Å². The minimum absolute atomic E-state index is 0.148. The molecule has 2 nitrogen and oxygen atoms in total. The highest BCUT2D eigenvalue weighted by Crippen LogP contribution is 2.33. The molecule has 0 saturated heterocycles. The van der Waals surface area contributed by atoms with Gasteiger partial charge >= 0.3 is 5.97 Å². The van der Waals surface area contributed by atoms with Crippen LogP contribution in [-0.2, 0) is 4.79 Å². The Bertz CT molecular complexity index is 223. The highest BCUT2D eigenvalue weighted by molar-refractivity contribution is 5.66. The standard InChI is InChI=1S/C12H20F2O2/c13-12(14,9-7-11(15)16)8-6-10-4-2-1-3-5-10/h10H,1-9H2,(H,15,16). The largest absolute Gasteiger partial charge is 0.481 e. The average molecular weight is 234 g/mol. The van der Waals surface area contributed by atoms with Crippen molar-refractivity contribution < 1.29 is 18.7 Å². The molecule has 1 fully saturated rings. The molecule has 1 N–H and O–H groups in total. The Labute approximate surface area is 95.0 Å². The van der Waals surface area contributed by atoms with Gasteiger partial charge in [0.25, 0.3) is 0 Å². The molecule has 1 saturated carbocycles. The third-order valence-corrected chi connectivity index (χ3v) is 3.35. The molecular weight excluding hydrogens is 214 g/mol. The molecule has 0 radical (unpaired) electrons. The normalized spacial score (nSPS) is 18.6. The molecular formula is C12H20F2O2. The molecule has 0 unspecified atom stereocenters. The number of hydrogen-bond acceptors (Lipinski definition) is 1. The SMILES string of the molecule is O=C(O)CCC(F)(F)CCC1CCCCC1. The lowest BCUT2D eigenvalue weighted by atomic mass is 9.85. The van der Waals surface area contributed by atoms with E-state index in [1.807, 2.05) is 0 Å². The van der Waals surface area contributed by atoms with Gasteiger partial charge in [0.05, 0.1) is 6.42 Å². The number of carboxylic acid groups (broad SMARTS) is 1. The summed E-state index contributed by atoms with van der Waals surface area (Å²) in [6, 6.07) is 0. The van der Waals surface area contributed by atoms with E-state index >= 15 is 0 Å². The maximum absolute atomic E-state index is 13.3. The predicted octanol–water partition coefficient (Wildman–Crippen LogP) is 3.85. The molecule has 0 amide bonds. The van der Waals surface area contributed by atoms with Crippen molar-refractivity contribution in [2.75, 3.05) is 0 Å². The van der Waals surface area contributed by atoms with Crippen LogP contribution in [0.3, 0.4) is 0 Å². The van der Waals surface area contributed by atoms with Crippen molar-refractivity contribution in [2.24, 2.45) is 5.92 Å². The van der Waals surface area contributed by atoms with E-state index in [-0.39, 0.29) is 6.42 Å². The number of rotatable bonds is 6. The summed E-state index contributed by atoms with van der Waals surface area (Å²) in [7, 11) is 0. The van der Waals surface area contributed by atoms with Crippen LogP contribution < -0.4 is 0 Å². The Morgan fingerprint density at radius 3 is 2.38 bits per heavy atom. The molecule has 0 spiro atoms. The van der Waals surface area contributed by atoms with Crippen molar-refractivity contribution in [1.29, 1.82) is 0 Å². The molecule has 0 heterocycles. The quantitative estimate of drug-likeness (QED) is 0.758. The van der Waals surface area contributed by atoms with Crippen LogP contribution in [0.1, 0.15) is 57.8 Å². The molecule has 0 bridgehead atoms. The maximum Gasteiger partial charge on any atom is 0.303 e. The molecule has 16 heavy (non-hydrogen) atoms. The second kappa shape index (κ2) is 6.16. The van der Waals surface area contributed by atoms with E-state index in [9.17, 15) is 13.6 Å². The molecule has 1 aliphatic carbocycles. The number of carboxylic acids is 1. The third-order valence-electron chi connectivity index (χ3n) is 3.35. The lowest BCUT2D eigenvalue weighted by Gasteiger charge is -2.23. The Hall–Kier alpha value is -0.670. The highest BCUT2D eigenvalue weighted by atomic mass is 19.3. The van der Waals surface area contributed by atoms with Gasteiger partial charge in [-0.2, -0.15) is 0 Å². The summed E-state index contributed by atoms with van der Waals surface area (Å²) in [6.07, 6.45) is 5.12. The number of carbonyl (C=O) groups is 1. The van der Waals surface area contributed by atoms with Crippen LogP contribution in [0.25, 0.3) is 0 Å². The Balaban J connectivity index is 2.20. The summed E-state index contributed by atoms with van der Waals surface area (Å²) in [6.45, 7) is 0. The summed E-state index contributed by atoms with van der Waals surface area (Å²) < 4.78 is 26.6. The highest BCUT2D eigenvalue weighted by Gasteiger charge is 2.30. The summed E-state index contributed by atoms with van der Waals surface area (Å²) >= 11 is 0. The Morgan fingerprint density at radius 2 is 1.81 bits per heavy atom. The van der Waals surface area contributed by atoms with Crippen LogP contribution in [0.4, 0.5) is 8.78 Å². The summed E-state index contributed by atoms with van der Waals surface area (Å²) in [4.78, 5) is 10.2. The molecule has 0 atom stereocenters. The van der Waals surface area contributed by atoms with Gasteiger partial charge in [0.2, 0.25) is 5.92 Å². The monoisotopic (exact) mass is 234 g/mol. The molecule has 0 aromatic carbocycles. The van der Waals surface area contributed by atoms with E-state index in [2.05, 4.69) is 0 Å². The van der Waals surface area contributed by atoms with Gasteiger partial charge in [-0.25, -0.2) is 8.78 Å². The van der Waals surface area contributed by atoms with Gasteiger partial charge in [0.15, 0.2) is 0 Å². The number of halogens is 2. The zero-order chi connectivity index (χ0) is 12.0. The second-order valence-electron chi connectivity index (χ2n) is 4.79. The number of alkyl halides is 2. The van der Waals surface area contributed by atoms with Crippen molar-refractivity contribution in [3.63, 3.8) is 0 Å². The van der Waals surface area contributed by atoms with Gasteiger partial charge < -0.3 is 5.11 Å². The number of hydrogen-bond donors (Lipinski definition) is 1. The van der Waals surface area contributed by atoms with E-state index in [0.717, 1.165) is 25.7 Å². The van der Waals surface area contributed by atoms with Gasteiger partial charge in [0.1, 0.15) is 0 Å². The maximum atomic E-state index is 13.3. The lowest BCUT2D eigenvalue weighted by molar-refractivity contribution is -0.139. The Morgan fingerprint density at radius 1 is 1.19 bits per heavy atom. The van der Waals surface area contributed by atoms with Crippen molar-refractivity contribution in [3.8, 4) is 0 Å². The van der Waals surface area contributed by atoms with Crippen LogP contribution in [0.15, 0.2) is 0 Å². The van der Waals surface area contributed by atoms with E-state index in [0.29, 0.717) is 12.3 Å². The van der Waals surface area contributed by atoms with Crippen molar-refractivity contribution in [2.45, 2.75) is 63.7 Å². The third kappa shape index (κ3) is 5.42. The van der Waals surface area contributed by atoms with Crippen LogP contribution in [-0.4, -0.2) is 17.0 Å². The molecule has 0 aliphatic heterocycles. The molecule has 1 rings (SSSR count). The van der Waals surface area contributed by atoms with Crippen LogP contribution in [0.5, 0.6) is 0 Å². The fourth-order valence-electron chi connectivity index (χ4n) is 2.31. The van der Waals surface area contributed by atoms with Crippen molar-refractivity contribution in [1.82, 2.24) is 0 Å². The van der Waals surface area contributed by atoms with E-state index in [4.69, 9.17) is 5.11 Å². The van der Waals surface area contributed by atoms with Gasteiger partial charge in [-0.15, -0.1) is 0 Å². The van der Waals surface area contributed by atoms with Gasteiger partial charge in [-0.3, -0.25) is 4.79 Å². The number of aliphatic carboxylic acids is 1. The molecule has 0 aromatic rings.